The van der Waals surface area contributed by atoms with E-state index in [0.29, 0.717) is 12.2 Å². The predicted molar refractivity (Wildman–Crippen MR) is 99.2 cm³/mol. The Morgan fingerprint density at radius 2 is 1.85 bits per heavy atom. The first-order valence-electron chi connectivity index (χ1n) is 9.18. The smallest absolute Gasteiger partial charge is 0.325 e. The van der Waals surface area contributed by atoms with Gasteiger partial charge in [-0.3, -0.25) is 9.69 Å². The average molecular weight is 366 g/mol. The molecule has 0 bridgehead atoms. The van der Waals surface area contributed by atoms with E-state index in [1.165, 1.54) is 0 Å². The Labute approximate surface area is 157 Å². The van der Waals surface area contributed by atoms with Gasteiger partial charge in [0.15, 0.2) is 0 Å². The lowest BCUT2D eigenvalue weighted by molar-refractivity contribution is -0.133. The lowest BCUT2D eigenvalue weighted by atomic mass is 9.76. The molecule has 0 unspecified atom stereocenters. The molecule has 27 heavy (non-hydrogen) atoms. The van der Waals surface area contributed by atoms with Crippen molar-refractivity contribution in [1.29, 1.82) is 0 Å². The van der Waals surface area contributed by atoms with E-state index in [4.69, 9.17) is 4.74 Å². The third kappa shape index (κ3) is 3.17. The fourth-order valence-corrected chi connectivity index (χ4v) is 3.95. The van der Waals surface area contributed by atoms with Crippen LogP contribution in [0.3, 0.4) is 0 Å². The van der Waals surface area contributed by atoms with Gasteiger partial charge in [0.05, 0.1) is 6.54 Å². The van der Waals surface area contributed by atoms with Crippen molar-refractivity contribution in [3.05, 3.63) is 65.7 Å². The average Bonchev–Trinajstić information content (AvgIpc) is 2.92. The molecule has 0 radical (unpaired) electrons. The Morgan fingerprint density at radius 1 is 1.11 bits per heavy atom. The van der Waals surface area contributed by atoms with Gasteiger partial charge in [0.2, 0.25) is 0 Å². The molecule has 1 fully saturated rings. The van der Waals surface area contributed by atoms with Crippen molar-refractivity contribution < 1.29 is 19.4 Å². The Bertz CT molecular complexity index is 854. The zero-order valence-corrected chi connectivity index (χ0v) is 14.9. The number of β-amino-alcohol motifs (C(OH)–C–C–N with tert-alkyl or cyclic N) is 1. The van der Waals surface area contributed by atoms with E-state index in [-0.39, 0.29) is 19.1 Å². The molecule has 6 nitrogen and oxygen atoms in total. The summed E-state index contributed by atoms with van der Waals surface area (Å²) in [6.07, 6.45) is 1.33. The summed E-state index contributed by atoms with van der Waals surface area (Å²) < 4.78 is 5.52. The quantitative estimate of drug-likeness (QED) is 0.796. The molecule has 2 atom stereocenters. The maximum absolute atomic E-state index is 13.2. The number of nitrogens with zero attached hydrogens (tertiary/aromatic N) is 1. The van der Waals surface area contributed by atoms with E-state index in [1.807, 2.05) is 42.5 Å². The monoisotopic (exact) mass is 366 g/mol. The molecule has 4 rings (SSSR count). The van der Waals surface area contributed by atoms with E-state index in [0.717, 1.165) is 28.9 Å². The molecule has 6 heteroatoms. The van der Waals surface area contributed by atoms with Crippen LogP contribution in [0.2, 0.25) is 0 Å². The van der Waals surface area contributed by atoms with Gasteiger partial charge in [0.1, 0.15) is 24.0 Å². The summed E-state index contributed by atoms with van der Waals surface area (Å²) in [5.74, 6) is 0.338. The van der Waals surface area contributed by atoms with Crippen LogP contribution in [-0.2, 0) is 16.8 Å². The number of rotatable bonds is 5. The van der Waals surface area contributed by atoms with Gasteiger partial charge in [-0.2, -0.15) is 0 Å². The van der Waals surface area contributed by atoms with Crippen molar-refractivity contribution >= 4 is 11.9 Å². The van der Waals surface area contributed by atoms with Gasteiger partial charge < -0.3 is 15.2 Å². The van der Waals surface area contributed by atoms with Crippen LogP contribution in [0.1, 0.15) is 24.0 Å². The SMILES string of the molecule is O=C1N[C@@]2(CCCc3ccccc32)C(=O)N1C[C@H](O)COc1ccccc1. The summed E-state index contributed by atoms with van der Waals surface area (Å²) in [6.45, 7) is -0.0912. The van der Waals surface area contributed by atoms with Gasteiger partial charge in [0, 0.05) is 0 Å². The third-order valence-electron chi connectivity index (χ3n) is 5.23. The van der Waals surface area contributed by atoms with Crippen molar-refractivity contribution in [2.45, 2.75) is 30.9 Å². The minimum atomic E-state index is -1.01. The number of urea groups is 1. The van der Waals surface area contributed by atoms with Crippen LogP contribution in [-0.4, -0.2) is 41.2 Å². The van der Waals surface area contributed by atoms with E-state index >= 15 is 0 Å². The number of fused-ring (bicyclic) bond motifs is 2. The van der Waals surface area contributed by atoms with Crippen molar-refractivity contribution in [1.82, 2.24) is 10.2 Å². The summed E-state index contributed by atoms with van der Waals surface area (Å²) in [7, 11) is 0. The number of carbonyl (C=O) groups excluding carboxylic acids is 2. The van der Waals surface area contributed by atoms with Crippen LogP contribution in [0.25, 0.3) is 0 Å². The first-order valence-corrected chi connectivity index (χ1v) is 9.18. The largest absolute Gasteiger partial charge is 0.491 e. The maximum atomic E-state index is 13.2. The fraction of sp³-hybridized carbons (Fsp3) is 0.333. The molecule has 0 aromatic heterocycles. The van der Waals surface area contributed by atoms with Crippen LogP contribution < -0.4 is 10.1 Å². The van der Waals surface area contributed by atoms with Crippen molar-refractivity contribution in [2.75, 3.05) is 13.2 Å². The topological polar surface area (TPSA) is 78.9 Å². The number of imide groups is 1. The molecule has 1 spiro atoms. The van der Waals surface area contributed by atoms with E-state index < -0.39 is 17.7 Å². The minimum Gasteiger partial charge on any atom is -0.491 e. The standard InChI is InChI=1S/C21H22N2O4/c24-16(14-27-17-9-2-1-3-10-17)13-23-19(25)21(22-20(23)26)12-6-8-15-7-4-5-11-18(15)21/h1-5,7,9-11,16,24H,6,8,12-14H2,(H,22,26)/t16-,21+/m0/s1. The normalized spacial score (nSPS) is 22.5. The van der Waals surface area contributed by atoms with E-state index in [2.05, 4.69) is 5.32 Å². The van der Waals surface area contributed by atoms with E-state index in [9.17, 15) is 14.7 Å². The second-order valence-electron chi connectivity index (χ2n) is 7.04. The van der Waals surface area contributed by atoms with Crippen molar-refractivity contribution in [3.63, 3.8) is 0 Å². The summed E-state index contributed by atoms with van der Waals surface area (Å²) in [6, 6.07) is 16.4. The lowest BCUT2D eigenvalue weighted by Crippen LogP contribution is -2.47. The highest BCUT2D eigenvalue weighted by Crippen LogP contribution is 2.39. The van der Waals surface area contributed by atoms with Gasteiger partial charge in [-0.1, -0.05) is 42.5 Å². The number of aryl methyl sites for hydroxylation is 1. The number of amides is 3. The molecular formula is C21H22N2O4. The second-order valence-corrected chi connectivity index (χ2v) is 7.04. The highest BCUT2D eigenvalue weighted by molar-refractivity contribution is 6.07. The summed E-state index contributed by atoms with van der Waals surface area (Å²) in [4.78, 5) is 26.8. The molecule has 3 amide bonds. The number of hydrogen-bond acceptors (Lipinski definition) is 4. The first-order chi connectivity index (χ1) is 13.1. The van der Waals surface area contributed by atoms with Gasteiger partial charge in [-0.15, -0.1) is 0 Å². The van der Waals surface area contributed by atoms with Gasteiger partial charge >= 0.3 is 6.03 Å². The van der Waals surface area contributed by atoms with Crippen LogP contribution in [0, 0.1) is 0 Å². The highest BCUT2D eigenvalue weighted by atomic mass is 16.5. The van der Waals surface area contributed by atoms with Gasteiger partial charge in [0.25, 0.3) is 5.91 Å². The molecule has 1 heterocycles. The number of carbonyl (C=O) groups is 2. The van der Waals surface area contributed by atoms with Crippen LogP contribution in [0.15, 0.2) is 54.6 Å². The predicted octanol–water partition coefficient (Wildman–Crippen LogP) is 2.21. The zero-order chi connectivity index (χ0) is 18.9. The fourth-order valence-electron chi connectivity index (χ4n) is 3.95. The third-order valence-corrected chi connectivity index (χ3v) is 5.23. The Kier molecular flexibility index (Phi) is 4.58. The Balaban J connectivity index is 1.48. The number of ether oxygens (including phenoxy) is 1. The number of hydrogen-bond donors (Lipinski definition) is 2. The molecule has 140 valence electrons. The lowest BCUT2D eigenvalue weighted by Gasteiger charge is -2.33. The summed E-state index contributed by atoms with van der Waals surface area (Å²) >= 11 is 0. The Hall–Kier alpha value is -2.86. The molecule has 2 aliphatic rings. The van der Waals surface area contributed by atoms with Crippen molar-refractivity contribution in [2.24, 2.45) is 0 Å². The number of nitrogens with one attached hydrogen (secondary N) is 1. The minimum absolute atomic E-state index is 0.00462. The second kappa shape index (κ2) is 7.04. The molecule has 2 aromatic carbocycles. The maximum Gasteiger partial charge on any atom is 0.325 e. The number of aliphatic hydroxyl groups excluding tert-OH is 1. The Morgan fingerprint density at radius 3 is 2.67 bits per heavy atom. The van der Waals surface area contributed by atoms with E-state index in [1.54, 1.807) is 12.1 Å². The number of benzene rings is 2. The molecule has 1 saturated heterocycles. The van der Waals surface area contributed by atoms with Gasteiger partial charge in [-0.25, -0.2) is 4.79 Å². The molecule has 0 saturated carbocycles. The first kappa shape index (κ1) is 17.5. The van der Waals surface area contributed by atoms with Crippen molar-refractivity contribution in [3.8, 4) is 5.75 Å². The molecule has 1 aliphatic carbocycles. The number of para-hydroxylation sites is 1. The van der Waals surface area contributed by atoms with Crippen LogP contribution in [0.4, 0.5) is 4.79 Å². The molecule has 2 N–H and O–H groups in total. The summed E-state index contributed by atoms with van der Waals surface area (Å²) in [5.41, 5.74) is 0.950. The highest BCUT2D eigenvalue weighted by Gasteiger charge is 2.54. The number of aliphatic hydroxyl groups is 1. The summed E-state index contributed by atoms with van der Waals surface area (Å²) in [5, 5.41) is 13.2. The van der Waals surface area contributed by atoms with Gasteiger partial charge in [-0.05, 0) is 42.5 Å². The molecular weight excluding hydrogens is 344 g/mol. The van der Waals surface area contributed by atoms with Crippen LogP contribution >= 0.6 is 0 Å². The molecule has 1 aliphatic heterocycles. The molecule has 2 aromatic rings. The van der Waals surface area contributed by atoms with Crippen LogP contribution in [0.5, 0.6) is 5.75 Å². The zero-order valence-electron chi connectivity index (χ0n) is 14.9.